The minimum atomic E-state index is -0.293. The van der Waals surface area contributed by atoms with Crippen molar-refractivity contribution < 1.29 is 0 Å². The van der Waals surface area contributed by atoms with Gasteiger partial charge in [0.2, 0.25) is 0 Å². The lowest BCUT2D eigenvalue weighted by Gasteiger charge is -2.16. The molecule has 0 fully saturated rings. The third-order valence-corrected chi connectivity index (χ3v) is 2.78. The van der Waals surface area contributed by atoms with Gasteiger partial charge in [0.1, 0.15) is 0 Å². The maximum Gasteiger partial charge on any atom is 0.0572 e. The van der Waals surface area contributed by atoms with Gasteiger partial charge in [-0.1, -0.05) is 30.3 Å². The maximum absolute atomic E-state index is 6.16. The average molecular weight is 228 g/mol. The Kier molecular flexibility index (Phi) is 2.89. The summed E-state index contributed by atoms with van der Waals surface area (Å²) in [6.45, 7) is 0. The van der Waals surface area contributed by atoms with Crippen LogP contribution in [-0.4, -0.2) is 0 Å². The fraction of sp³-hybridized carbons (Fsp3) is 0.0769. The highest BCUT2D eigenvalue weighted by molar-refractivity contribution is 5.72. The molecule has 0 aliphatic heterocycles. The number of hydrogen-bond donors (Lipinski definition) is 4. The highest BCUT2D eigenvalue weighted by Crippen LogP contribution is 2.29. The Morgan fingerprint density at radius 3 is 2.00 bits per heavy atom. The van der Waals surface area contributed by atoms with E-state index in [4.69, 9.17) is 22.9 Å². The van der Waals surface area contributed by atoms with E-state index in [-0.39, 0.29) is 6.04 Å². The van der Waals surface area contributed by atoms with Crippen LogP contribution >= 0.6 is 0 Å². The van der Waals surface area contributed by atoms with E-state index in [2.05, 4.69) is 0 Å². The van der Waals surface area contributed by atoms with Gasteiger partial charge in [0.25, 0.3) is 0 Å². The molecule has 4 nitrogen and oxygen atoms in total. The number of anilines is 3. The fourth-order valence-corrected chi connectivity index (χ4v) is 1.78. The third-order valence-electron chi connectivity index (χ3n) is 2.78. The zero-order valence-corrected chi connectivity index (χ0v) is 9.43. The van der Waals surface area contributed by atoms with E-state index in [0.29, 0.717) is 17.1 Å². The van der Waals surface area contributed by atoms with Crippen LogP contribution in [0.4, 0.5) is 17.1 Å². The van der Waals surface area contributed by atoms with Gasteiger partial charge in [-0.05, 0) is 23.3 Å². The highest BCUT2D eigenvalue weighted by Gasteiger charge is 2.13. The van der Waals surface area contributed by atoms with E-state index < -0.39 is 0 Å². The lowest BCUT2D eigenvalue weighted by atomic mass is 9.97. The molecule has 4 heteroatoms. The monoisotopic (exact) mass is 228 g/mol. The molecule has 2 rings (SSSR count). The number of nitrogen functional groups attached to an aromatic ring is 3. The SMILES string of the molecule is Nc1cc(N)c(C(N)c2ccccc2)cc1N. The molecule has 1 atom stereocenters. The summed E-state index contributed by atoms with van der Waals surface area (Å²) >= 11 is 0. The molecular formula is C13H16N4. The number of benzene rings is 2. The van der Waals surface area contributed by atoms with Crippen LogP contribution in [0.3, 0.4) is 0 Å². The second-order valence-electron chi connectivity index (χ2n) is 4.00. The maximum atomic E-state index is 6.16. The summed E-state index contributed by atoms with van der Waals surface area (Å²) in [4.78, 5) is 0. The molecule has 0 aromatic heterocycles. The average Bonchev–Trinajstić information content (AvgIpc) is 2.34. The van der Waals surface area contributed by atoms with Gasteiger partial charge in [-0.25, -0.2) is 0 Å². The molecular weight excluding hydrogens is 212 g/mol. The topological polar surface area (TPSA) is 104 Å². The Morgan fingerprint density at radius 1 is 0.765 bits per heavy atom. The van der Waals surface area contributed by atoms with E-state index in [0.717, 1.165) is 11.1 Å². The summed E-state index contributed by atoms with van der Waals surface area (Å²) in [5.74, 6) is 0. The molecule has 0 spiro atoms. The predicted molar refractivity (Wildman–Crippen MR) is 72.2 cm³/mol. The van der Waals surface area contributed by atoms with E-state index in [1.165, 1.54) is 0 Å². The minimum Gasteiger partial charge on any atom is -0.398 e. The van der Waals surface area contributed by atoms with Crippen molar-refractivity contribution in [3.63, 3.8) is 0 Å². The summed E-state index contributed by atoms with van der Waals surface area (Å²) in [7, 11) is 0. The van der Waals surface area contributed by atoms with Crippen molar-refractivity contribution in [2.45, 2.75) is 6.04 Å². The van der Waals surface area contributed by atoms with Gasteiger partial charge in [-0.3, -0.25) is 0 Å². The Labute approximate surface area is 100 Å². The summed E-state index contributed by atoms with van der Waals surface area (Å²) in [6, 6.07) is 12.8. The van der Waals surface area contributed by atoms with Crippen LogP contribution in [0.2, 0.25) is 0 Å². The molecule has 0 saturated heterocycles. The van der Waals surface area contributed by atoms with Crippen molar-refractivity contribution in [3.8, 4) is 0 Å². The largest absolute Gasteiger partial charge is 0.398 e. The molecule has 0 amide bonds. The lowest BCUT2D eigenvalue weighted by molar-refractivity contribution is 0.875. The quantitative estimate of drug-likeness (QED) is 0.584. The van der Waals surface area contributed by atoms with Gasteiger partial charge in [0, 0.05) is 5.69 Å². The molecule has 2 aromatic rings. The van der Waals surface area contributed by atoms with Gasteiger partial charge in [0.15, 0.2) is 0 Å². The fourth-order valence-electron chi connectivity index (χ4n) is 1.78. The Hall–Kier alpha value is -2.20. The summed E-state index contributed by atoms with van der Waals surface area (Å²) in [5.41, 5.74) is 26.8. The van der Waals surface area contributed by atoms with Crippen molar-refractivity contribution >= 4 is 17.1 Å². The van der Waals surface area contributed by atoms with Crippen molar-refractivity contribution in [2.24, 2.45) is 5.73 Å². The molecule has 0 aliphatic carbocycles. The molecule has 0 heterocycles. The molecule has 0 bridgehead atoms. The molecule has 0 radical (unpaired) electrons. The third kappa shape index (κ3) is 2.16. The Bertz CT molecular complexity index is 522. The van der Waals surface area contributed by atoms with Gasteiger partial charge in [-0.2, -0.15) is 0 Å². The number of nitrogens with two attached hydrogens (primary N) is 4. The van der Waals surface area contributed by atoms with Crippen molar-refractivity contribution in [2.75, 3.05) is 17.2 Å². The second-order valence-corrected chi connectivity index (χ2v) is 4.00. The van der Waals surface area contributed by atoms with Crippen LogP contribution in [0.1, 0.15) is 17.2 Å². The molecule has 0 aliphatic rings. The zero-order valence-electron chi connectivity index (χ0n) is 9.43. The van der Waals surface area contributed by atoms with Crippen molar-refractivity contribution in [1.82, 2.24) is 0 Å². The molecule has 8 N–H and O–H groups in total. The predicted octanol–water partition coefficient (Wildman–Crippen LogP) is 1.48. The molecule has 17 heavy (non-hydrogen) atoms. The van der Waals surface area contributed by atoms with Crippen LogP contribution in [0.15, 0.2) is 42.5 Å². The zero-order chi connectivity index (χ0) is 12.4. The second kappa shape index (κ2) is 4.35. The molecule has 88 valence electrons. The van der Waals surface area contributed by atoms with Crippen LogP contribution in [0.25, 0.3) is 0 Å². The smallest absolute Gasteiger partial charge is 0.0572 e. The van der Waals surface area contributed by atoms with E-state index in [1.807, 2.05) is 30.3 Å². The Balaban J connectivity index is 2.44. The first-order valence-electron chi connectivity index (χ1n) is 5.34. The first kappa shape index (κ1) is 11.3. The number of hydrogen-bond acceptors (Lipinski definition) is 4. The van der Waals surface area contributed by atoms with Crippen LogP contribution in [-0.2, 0) is 0 Å². The summed E-state index contributed by atoms with van der Waals surface area (Å²) < 4.78 is 0. The Morgan fingerprint density at radius 2 is 1.35 bits per heavy atom. The first-order chi connectivity index (χ1) is 8.09. The van der Waals surface area contributed by atoms with Gasteiger partial charge < -0.3 is 22.9 Å². The van der Waals surface area contributed by atoms with E-state index >= 15 is 0 Å². The first-order valence-corrected chi connectivity index (χ1v) is 5.34. The highest BCUT2D eigenvalue weighted by atomic mass is 14.7. The van der Waals surface area contributed by atoms with Crippen LogP contribution in [0, 0.1) is 0 Å². The van der Waals surface area contributed by atoms with E-state index in [1.54, 1.807) is 12.1 Å². The molecule has 2 aromatic carbocycles. The van der Waals surface area contributed by atoms with Crippen LogP contribution < -0.4 is 22.9 Å². The molecule has 1 unspecified atom stereocenters. The summed E-state index contributed by atoms with van der Waals surface area (Å²) in [5, 5.41) is 0. The van der Waals surface area contributed by atoms with Crippen molar-refractivity contribution in [1.29, 1.82) is 0 Å². The minimum absolute atomic E-state index is 0.293. The normalized spacial score (nSPS) is 12.3. The standard InChI is InChI=1S/C13H16N4/c14-10-7-12(16)11(15)6-9(10)13(17)8-4-2-1-3-5-8/h1-7,13H,14-17H2. The van der Waals surface area contributed by atoms with Gasteiger partial charge in [-0.15, -0.1) is 0 Å². The van der Waals surface area contributed by atoms with E-state index in [9.17, 15) is 0 Å². The van der Waals surface area contributed by atoms with Crippen LogP contribution in [0.5, 0.6) is 0 Å². The van der Waals surface area contributed by atoms with Gasteiger partial charge >= 0.3 is 0 Å². The summed E-state index contributed by atoms with van der Waals surface area (Å²) in [6.07, 6.45) is 0. The molecule has 0 saturated carbocycles. The number of rotatable bonds is 2. The lowest BCUT2D eigenvalue weighted by Crippen LogP contribution is -2.14. The van der Waals surface area contributed by atoms with Crippen molar-refractivity contribution in [3.05, 3.63) is 53.6 Å². The van der Waals surface area contributed by atoms with Gasteiger partial charge in [0.05, 0.1) is 17.4 Å².